The molecule has 58 heavy (non-hydrogen) atoms. The molecule has 4 aromatic rings. The number of aliphatic carboxylic acids is 2. The van der Waals surface area contributed by atoms with Crippen LogP contribution in [0.3, 0.4) is 0 Å². The highest BCUT2D eigenvalue weighted by Gasteiger charge is 2.40. The molecule has 0 radical (unpaired) electrons. The van der Waals surface area contributed by atoms with E-state index in [4.69, 9.17) is 24.4 Å². The summed E-state index contributed by atoms with van der Waals surface area (Å²) in [6.07, 6.45) is 4.98. The summed E-state index contributed by atoms with van der Waals surface area (Å²) < 4.78 is 18.9. The Morgan fingerprint density at radius 2 is 1.59 bits per heavy atom. The lowest BCUT2D eigenvalue weighted by atomic mass is 9.79. The number of ether oxygens (including phenoxy) is 3. The maximum Gasteiger partial charge on any atom is 0.312 e. The van der Waals surface area contributed by atoms with Gasteiger partial charge in [-0.25, -0.2) is 0 Å². The van der Waals surface area contributed by atoms with Crippen molar-refractivity contribution in [3.05, 3.63) is 106 Å². The first kappa shape index (κ1) is 45.2. The van der Waals surface area contributed by atoms with Gasteiger partial charge in [0.05, 0.1) is 36.7 Å². The van der Waals surface area contributed by atoms with E-state index in [1.807, 2.05) is 32.2 Å². The number of aliphatic hydroxyl groups is 2. The SMILES string of the molecule is CC(CO)C(=O)O.CNCc1cc(C)c(OCc2cccc(-c3cccc(OCCCN4CCC(CO)(C(=O)O)CC4)c3C)c2C)cc1OCc1cncc(C#N)c1. The standard InChI is InChI=1S/C41H48N4O6.C4H8O3/c1-28-18-34(24-43-4)39(50-25-32-19-31(21-42)22-44-23-32)20-38(28)51-26-33-8-5-9-35(29(33)2)36-10-6-11-37(30(36)3)49-17-7-14-45-15-12-41(27-46,13-16-45)40(47)48;1-3(2-5)4(6)7/h5-6,8-11,18-20,22-23,43,46H,7,12-17,24-27H2,1-4H3,(H,47,48);3,5H,2H2,1H3,(H,6,7). The number of nitrogens with one attached hydrogen (secondary N) is 1. The Balaban J connectivity index is 0.000000973. The molecule has 310 valence electrons. The summed E-state index contributed by atoms with van der Waals surface area (Å²) in [4.78, 5) is 27.8. The average molecular weight is 797 g/mol. The second-order valence-electron chi connectivity index (χ2n) is 14.8. The second-order valence-corrected chi connectivity index (χ2v) is 14.8. The van der Waals surface area contributed by atoms with Crippen LogP contribution in [0.5, 0.6) is 17.2 Å². The zero-order valence-electron chi connectivity index (χ0n) is 34.1. The van der Waals surface area contributed by atoms with Crippen molar-refractivity contribution in [1.29, 1.82) is 5.26 Å². The number of carboxylic acid groups (broad SMARTS) is 2. The number of hydrogen-bond donors (Lipinski definition) is 5. The lowest BCUT2D eigenvalue weighted by Gasteiger charge is -2.37. The Kier molecular flexibility index (Phi) is 17.0. The fourth-order valence-electron chi connectivity index (χ4n) is 6.68. The van der Waals surface area contributed by atoms with Gasteiger partial charge in [0.25, 0.3) is 0 Å². The molecule has 1 aliphatic heterocycles. The van der Waals surface area contributed by atoms with Gasteiger partial charge in [-0.15, -0.1) is 0 Å². The van der Waals surface area contributed by atoms with Crippen molar-refractivity contribution >= 4 is 11.9 Å². The largest absolute Gasteiger partial charge is 0.493 e. The zero-order chi connectivity index (χ0) is 42.2. The highest BCUT2D eigenvalue weighted by Crippen LogP contribution is 2.35. The van der Waals surface area contributed by atoms with E-state index >= 15 is 0 Å². The van der Waals surface area contributed by atoms with E-state index in [2.05, 4.69) is 65.4 Å². The molecular weight excluding hydrogens is 741 g/mol. The van der Waals surface area contributed by atoms with Crippen LogP contribution in [0.1, 0.15) is 65.1 Å². The van der Waals surface area contributed by atoms with Crippen LogP contribution in [-0.4, -0.2) is 88.8 Å². The summed E-state index contributed by atoms with van der Waals surface area (Å²) >= 11 is 0. The summed E-state index contributed by atoms with van der Waals surface area (Å²) in [5.74, 6) is -0.191. The Labute approximate surface area is 340 Å². The van der Waals surface area contributed by atoms with Gasteiger partial charge in [-0.05, 0) is 119 Å². The Morgan fingerprint density at radius 3 is 2.21 bits per heavy atom. The van der Waals surface area contributed by atoms with Crippen molar-refractivity contribution in [3.8, 4) is 34.4 Å². The maximum atomic E-state index is 11.6. The molecule has 1 saturated heterocycles. The van der Waals surface area contributed by atoms with Crippen LogP contribution < -0.4 is 19.5 Å². The van der Waals surface area contributed by atoms with Gasteiger partial charge in [0.2, 0.25) is 0 Å². The van der Waals surface area contributed by atoms with Gasteiger partial charge in [0.1, 0.15) is 36.5 Å². The Bertz CT molecular complexity index is 2040. The van der Waals surface area contributed by atoms with Crippen LogP contribution in [0.2, 0.25) is 0 Å². The number of hydrogen-bond acceptors (Lipinski definition) is 11. The number of carbonyl (C=O) groups is 2. The summed E-state index contributed by atoms with van der Waals surface area (Å²) in [5, 5.41) is 47.8. The number of benzene rings is 3. The third-order valence-corrected chi connectivity index (χ3v) is 10.6. The third-order valence-electron chi connectivity index (χ3n) is 10.6. The monoisotopic (exact) mass is 796 g/mol. The fourth-order valence-corrected chi connectivity index (χ4v) is 6.68. The predicted molar refractivity (Wildman–Crippen MR) is 220 cm³/mol. The third kappa shape index (κ3) is 12.0. The molecule has 0 spiro atoms. The van der Waals surface area contributed by atoms with Gasteiger partial charge < -0.3 is 44.9 Å². The van der Waals surface area contributed by atoms with Crippen molar-refractivity contribution in [2.75, 3.05) is 46.5 Å². The minimum absolute atomic E-state index is 0.282. The first-order chi connectivity index (χ1) is 27.9. The molecule has 13 heteroatoms. The molecule has 0 saturated carbocycles. The average Bonchev–Trinajstić information content (AvgIpc) is 3.23. The Hall–Kier alpha value is -5.52. The van der Waals surface area contributed by atoms with Crippen molar-refractivity contribution in [2.45, 2.75) is 66.7 Å². The smallest absolute Gasteiger partial charge is 0.312 e. The van der Waals surface area contributed by atoms with E-state index in [0.717, 1.165) is 69.0 Å². The lowest BCUT2D eigenvalue weighted by molar-refractivity contribution is -0.155. The van der Waals surface area contributed by atoms with E-state index in [1.165, 1.54) is 13.1 Å². The van der Waals surface area contributed by atoms with Crippen molar-refractivity contribution < 1.29 is 44.2 Å². The fraction of sp³-hybridized carbons (Fsp3) is 0.422. The first-order valence-corrected chi connectivity index (χ1v) is 19.5. The van der Waals surface area contributed by atoms with Crippen LogP contribution in [0.25, 0.3) is 11.1 Å². The van der Waals surface area contributed by atoms with E-state index in [9.17, 15) is 25.1 Å². The summed E-state index contributed by atoms with van der Waals surface area (Å²) in [7, 11) is 1.90. The van der Waals surface area contributed by atoms with Crippen molar-refractivity contribution in [1.82, 2.24) is 15.2 Å². The minimum atomic E-state index is -1.01. The molecular formula is C45H56N4O9. The quantitative estimate of drug-likeness (QED) is 0.0732. The van der Waals surface area contributed by atoms with Gasteiger partial charge in [0, 0.05) is 42.7 Å². The van der Waals surface area contributed by atoms with E-state index in [-0.39, 0.29) is 19.8 Å². The van der Waals surface area contributed by atoms with Gasteiger partial charge in [0.15, 0.2) is 0 Å². The number of piperidine rings is 1. The zero-order valence-corrected chi connectivity index (χ0v) is 34.1. The van der Waals surface area contributed by atoms with E-state index < -0.39 is 23.3 Å². The van der Waals surface area contributed by atoms with E-state index in [1.54, 1.807) is 12.3 Å². The highest BCUT2D eigenvalue weighted by molar-refractivity contribution is 5.75. The summed E-state index contributed by atoms with van der Waals surface area (Å²) in [5.41, 5.74) is 7.83. The van der Waals surface area contributed by atoms with E-state index in [0.29, 0.717) is 57.0 Å². The number of aryl methyl sites for hydroxylation is 1. The molecule has 0 bridgehead atoms. The number of pyridine rings is 1. The van der Waals surface area contributed by atoms with Gasteiger partial charge in [-0.3, -0.25) is 14.6 Å². The molecule has 0 aliphatic carbocycles. The molecule has 5 rings (SSSR count). The topological polar surface area (TPSA) is 195 Å². The molecule has 0 amide bonds. The predicted octanol–water partition coefficient (Wildman–Crippen LogP) is 6.05. The van der Waals surface area contributed by atoms with Crippen LogP contribution in [0.4, 0.5) is 0 Å². The molecule has 1 aromatic heterocycles. The van der Waals surface area contributed by atoms with Crippen LogP contribution in [0, 0.1) is 43.4 Å². The molecule has 13 nitrogen and oxygen atoms in total. The Morgan fingerprint density at radius 1 is 0.897 bits per heavy atom. The number of rotatable bonds is 18. The number of nitrogens with zero attached hydrogens (tertiary/aromatic N) is 3. The molecule has 1 fully saturated rings. The molecule has 5 N–H and O–H groups in total. The van der Waals surface area contributed by atoms with Crippen molar-refractivity contribution in [2.24, 2.45) is 11.3 Å². The second kappa shape index (κ2) is 21.9. The van der Waals surface area contributed by atoms with Crippen molar-refractivity contribution in [3.63, 3.8) is 0 Å². The van der Waals surface area contributed by atoms with Crippen LogP contribution >= 0.6 is 0 Å². The lowest BCUT2D eigenvalue weighted by Crippen LogP contribution is -2.46. The molecule has 3 aromatic carbocycles. The van der Waals surface area contributed by atoms with Gasteiger partial charge in [-0.1, -0.05) is 30.3 Å². The van der Waals surface area contributed by atoms with Crippen LogP contribution in [-0.2, 0) is 29.3 Å². The minimum Gasteiger partial charge on any atom is -0.493 e. The maximum absolute atomic E-state index is 11.6. The molecule has 2 heterocycles. The molecule has 1 unspecified atom stereocenters. The highest BCUT2D eigenvalue weighted by atomic mass is 16.5. The summed E-state index contributed by atoms with van der Waals surface area (Å²) in [6, 6.07) is 20.3. The molecule has 1 aliphatic rings. The van der Waals surface area contributed by atoms with Crippen LogP contribution in [0.15, 0.2) is 67.0 Å². The number of aliphatic hydroxyl groups excluding tert-OH is 2. The normalized spacial score (nSPS) is 14.0. The number of carboxylic acids is 2. The summed E-state index contributed by atoms with van der Waals surface area (Å²) in [6.45, 7) is 11.1. The number of likely N-dealkylation sites (tertiary alicyclic amines) is 1. The van der Waals surface area contributed by atoms with Gasteiger partial charge in [-0.2, -0.15) is 5.26 Å². The first-order valence-electron chi connectivity index (χ1n) is 19.5. The number of nitriles is 1. The van der Waals surface area contributed by atoms with Gasteiger partial charge >= 0.3 is 11.9 Å². The molecule has 1 atom stereocenters. The number of aromatic nitrogens is 1.